The second-order valence-electron chi connectivity index (χ2n) is 3.43. The molecule has 15 heavy (non-hydrogen) atoms. The minimum Gasteiger partial charge on any atom is -0.307 e. The Morgan fingerprint density at radius 3 is 2.60 bits per heavy atom. The summed E-state index contributed by atoms with van der Waals surface area (Å²) in [6.45, 7) is 2.49. The van der Waals surface area contributed by atoms with Crippen LogP contribution in [0.2, 0.25) is 5.02 Å². The Labute approximate surface area is 89.5 Å². The second-order valence-corrected chi connectivity index (χ2v) is 3.80. The molecule has 1 aromatic heterocycles. The fraction of sp³-hybridized carbons (Fsp3) is 0.444. The van der Waals surface area contributed by atoms with Crippen molar-refractivity contribution in [1.82, 2.24) is 10.3 Å². The van der Waals surface area contributed by atoms with Gasteiger partial charge >= 0.3 is 6.18 Å². The SMILES string of the molecule is Cc1c(Cl)c(C(F)(F)F)nc2c1CNC2. The minimum atomic E-state index is -4.49. The van der Waals surface area contributed by atoms with E-state index in [1.54, 1.807) is 6.92 Å². The Bertz CT molecular complexity index is 415. The standard InChI is InChI=1S/C9H8ClF3N2/c1-4-5-2-14-3-6(5)15-8(7(4)10)9(11,12)13/h14H,2-3H2,1H3. The molecule has 0 spiro atoms. The first kappa shape index (κ1) is 10.7. The lowest BCUT2D eigenvalue weighted by atomic mass is 10.1. The second kappa shape index (κ2) is 3.35. The summed E-state index contributed by atoms with van der Waals surface area (Å²) in [7, 11) is 0. The number of hydrogen-bond acceptors (Lipinski definition) is 2. The van der Waals surface area contributed by atoms with Crippen LogP contribution in [-0.4, -0.2) is 4.98 Å². The highest BCUT2D eigenvalue weighted by molar-refractivity contribution is 6.32. The number of alkyl halides is 3. The zero-order valence-electron chi connectivity index (χ0n) is 7.87. The molecule has 82 valence electrons. The quantitative estimate of drug-likeness (QED) is 0.749. The van der Waals surface area contributed by atoms with Crippen LogP contribution in [0, 0.1) is 6.92 Å². The summed E-state index contributed by atoms with van der Waals surface area (Å²) in [4.78, 5) is 3.57. The van der Waals surface area contributed by atoms with Crippen LogP contribution in [0.25, 0.3) is 0 Å². The molecule has 0 unspecified atom stereocenters. The number of fused-ring (bicyclic) bond motifs is 1. The maximum atomic E-state index is 12.5. The number of rotatable bonds is 0. The van der Waals surface area contributed by atoms with E-state index >= 15 is 0 Å². The van der Waals surface area contributed by atoms with Gasteiger partial charge in [0.25, 0.3) is 0 Å². The molecule has 0 fully saturated rings. The van der Waals surface area contributed by atoms with Crippen molar-refractivity contribution >= 4 is 11.6 Å². The van der Waals surface area contributed by atoms with Crippen molar-refractivity contribution in [2.24, 2.45) is 0 Å². The smallest absolute Gasteiger partial charge is 0.307 e. The maximum absolute atomic E-state index is 12.5. The van der Waals surface area contributed by atoms with Crippen LogP contribution in [0.5, 0.6) is 0 Å². The van der Waals surface area contributed by atoms with Crippen LogP contribution in [0.3, 0.4) is 0 Å². The lowest BCUT2D eigenvalue weighted by Crippen LogP contribution is -2.12. The lowest BCUT2D eigenvalue weighted by molar-refractivity contribution is -0.141. The van der Waals surface area contributed by atoms with Gasteiger partial charge in [0.05, 0.1) is 10.7 Å². The average Bonchev–Trinajstić information content (AvgIpc) is 2.57. The molecule has 2 rings (SSSR count). The summed E-state index contributed by atoms with van der Waals surface area (Å²) >= 11 is 5.65. The van der Waals surface area contributed by atoms with Crippen molar-refractivity contribution in [1.29, 1.82) is 0 Å². The van der Waals surface area contributed by atoms with Crippen molar-refractivity contribution in [3.05, 3.63) is 27.5 Å². The maximum Gasteiger partial charge on any atom is 0.434 e. The highest BCUT2D eigenvalue weighted by Gasteiger charge is 2.37. The van der Waals surface area contributed by atoms with E-state index in [-0.39, 0.29) is 5.02 Å². The fourth-order valence-corrected chi connectivity index (χ4v) is 1.92. The normalized spacial score (nSPS) is 15.5. The van der Waals surface area contributed by atoms with Crippen LogP contribution >= 0.6 is 11.6 Å². The Kier molecular flexibility index (Phi) is 2.39. The molecule has 0 aromatic carbocycles. The summed E-state index contributed by atoms with van der Waals surface area (Å²) in [5.74, 6) is 0. The van der Waals surface area contributed by atoms with Gasteiger partial charge in [-0.3, -0.25) is 0 Å². The molecular weight excluding hydrogens is 229 g/mol. The third kappa shape index (κ3) is 1.70. The molecule has 2 nitrogen and oxygen atoms in total. The molecule has 0 amide bonds. The van der Waals surface area contributed by atoms with E-state index in [1.807, 2.05) is 0 Å². The summed E-state index contributed by atoms with van der Waals surface area (Å²) in [6, 6.07) is 0. The van der Waals surface area contributed by atoms with Gasteiger partial charge in [0.15, 0.2) is 5.69 Å². The van der Waals surface area contributed by atoms with Gasteiger partial charge in [0, 0.05) is 13.1 Å². The highest BCUT2D eigenvalue weighted by atomic mass is 35.5. The van der Waals surface area contributed by atoms with Gasteiger partial charge in [-0.15, -0.1) is 0 Å². The summed E-state index contributed by atoms with van der Waals surface area (Å²) in [5.41, 5.74) is 0.723. The molecule has 6 heteroatoms. The Hall–Kier alpha value is -0.810. The van der Waals surface area contributed by atoms with Crippen molar-refractivity contribution < 1.29 is 13.2 Å². The predicted octanol–water partition coefficient (Wildman–Crippen LogP) is 2.67. The van der Waals surface area contributed by atoms with E-state index in [1.165, 1.54) is 0 Å². The largest absolute Gasteiger partial charge is 0.434 e. The monoisotopic (exact) mass is 236 g/mol. The fourth-order valence-electron chi connectivity index (χ4n) is 1.65. The van der Waals surface area contributed by atoms with Crippen molar-refractivity contribution in [2.75, 3.05) is 0 Å². The minimum absolute atomic E-state index is 0.287. The first-order valence-corrected chi connectivity index (χ1v) is 4.75. The summed E-state index contributed by atoms with van der Waals surface area (Å²) < 4.78 is 37.6. The van der Waals surface area contributed by atoms with Crippen LogP contribution in [0.15, 0.2) is 0 Å². The molecular formula is C9H8ClF3N2. The number of hydrogen-bond donors (Lipinski definition) is 1. The Balaban J connectivity index is 2.64. The number of nitrogens with zero attached hydrogens (tertiary/aromatic N) is 1. The number of pyridine rings is 1. The van der Waals surface area contributed by atoms with Crippen LogP contribution in [-0.2, 0) is 19.3 Å². The predicted molar refractivity (Wildman–Crippen MR) is 49.5 cm³/mol. The van der Waals surface area contributed by atoms with Crippen molar-refractivity contribution in [3.8, 4) is 0 Å². The van der Waals surface area contributed by atoms with Crippen LogP contribution < -0.4 is 5.32 Å². The summed E-state index contributed by atoms with van der Waals surface area (Å²) in [6.07, 6.45) is -4.49. The van der Waals surface area contributed by atoms with Gasteiger partial charge in [-0.2, -0.15) is 13.2 Å². The molecule has 1 aliphatic heterocycles. The molecule has 0 aliphatic carbocycles. The van der Waals surface area contributed by atoms with E-state index in [4.69, 9.17) is 11.6 Å². The van der Waals surface area contributed by atoms with Gasteiger partial charge in [0.1, 0.15) is 0 Å². The first-order chi connectivity index (χ1) is 6.91. The molecule has 1 aromatic rings. The molecule has 1 aliphatic rings. The molecule has 0 bridgehead atoms. The summed E-state index contributed by atoms with van der Waals surface area (Å²) in [5, 5.41) is 2.66. The third-order valence-corrected chi connectivity index (χ3v) is 2.91. The van der Waals surface area contributed by atoms with E-state index in [2.05, 4.69) is 10.3 Å². The molecule has 2 heterocycles. The lowest BCUT2D eigenvalue weighted by Gasteiger charge is -2.12. The third-order valence-electron chi connectivity index (χ3n) is 2.45. The molecule has 0 saturated heterocycles. The first-order valence-electron chi connectivity index (χ1n) is 4.37. The van der Waals surface area contributed by atoms with Crippen LogP contribution in [0.4, 0.5) is 13.2 Å². The zero-order valence-corrected chi connectivity index (χ0v) is 8.63. The van der Waals surface area contributed by atoms with Crippen molar-refractivity contribution in [2.45, 2.75) is 26.2 Å². The molecule has 1 N–H and O–H groups in total. The highest BCUT2D eigenvalue weighted by Crippen LogP contribution is 2.37. The van der Waals surface area contributed by atoms with Crippen molar-refractivity contribution in [3.63, 3.8) is 0 Å². The number of aromatic nitrogens is 1. The van der Waals surface area contributed by atoms with Crippen LogP contribution in [0.1, 0.15) is 22.5 Å². The van der Waals surface area contributed by atoms with E-state index in [0.29, 0.717) is 24.3 Å². The van der Waals surface area contributed by atoms with E-state index in [9.17, 15) is 13.2 Å². The average molecular weight is 237 g/mol. The molecule has 0 atom stereocenters. The Morgan fingerprint density at radius 1 is 1.33 bits per heavy atom. The van der Waals surface area contributed by atoms with E-state index in [0.717, 1.165) is 5.56 Å². The number of halogens is 4. The number of nitrogens with one attached hydrogen (secondary N) is 1. The molecule has 0 radical (unpaired) electrons. The van der Waals surface area contributed by atoms with Gasteiger partial charge < -0.3 is 5.32 Å². The van der Waals surface area contributed by atoms with Gasteiger partial charge in [-0.05, 0) is 18.1 Å². The molecule has 0 saturated carbocycles. The van der Waals surface area contributed by atoms with E-state index < -0.39 is 11.9 Å². The topological polar surface area (TPSA) is 24.9 Å². The Morgan fingerprint density at radius 2 is 2.00 bits per heavy atom. The van der Waals surface area contributed by atoms with Gasteiger partial charge in [0.2, 0.25) is 0 Å². The van der Waals surface area contributed by atoms with Gasteiger partial charge in [-0.1, -0.05) is 11.6 Å². The van der Waals surface area contributed by atoms with Gasteiger partial charge in [-0.25, -0.2) is 4.98 Å². The zero-order chi connectivity index (χ0) is 11.2.